The van der Waals surface area contributed by atoms with Gasteiger partial charge in [-0.25, -0.2) is 0 Å². The maximum absolute atomic E-state index is 12.8. The molecule has 1 amide bonds. The van der Waals surface area contributed by atoms with Gasteiger partial charge < -0.3 is 10.4 Å². The second-order valence-electron chi connectivity index (χ2n) is 8.20. The third-order valence-corrected chi connectivity index (χ3v) is 6.45. The molecule has 30 heavy (non-hydrogen) atoms. The monoisotopic (exact) mass is 399 g/mol. The van der Waals surface area contributed by atoms with Crippen LogP contribution in [0.4, 0.5) is 5.69 Å². The van der Waals surface area contributed by atoms with Gasteiger partial charge in [0, 0.05) is 17.3 Å². The molecular weight excluding hydrogens is 374 g/mol. The van der Waals surface area contributed by atoms with E-state index in [1.807, 2.05) is 24.4 Å². The molecule has 0 aliphatic heterocycles. The lowest BCUT2D eigenvalue weighted by Crippen LogP contribution is -2.45. The Hall–Kier alpha value is -3.23. The zero-order valence-corrected chi connectivity index (χ0v) is 17.0. The van der Waals surface area contributed by atoms with Crippen LogP contribution >= 0.6 is 0 Å². The van der Waals surface area contributed by atoms with Crippen molar-refractivity contribution in [1.82, 2.24) is 4.98 Å². The van der Waals surface area contributed by atoms with Crippen LogP contribution in [-0.4, -0.2) is 21.6 Å². The number of rotatable bonds is 4. The highest BCUT2D eigenvalue weighted by molar-refractivity contribution is 5.93. The van der Waals surface area contributed by atoms with Crippen molar-refractivity contribution in [3.8, 4) is 6.07 Å². The van der Waals surface area contributed by atoms with Crippen LogP contribution in [0.1, 0.15) is 49.7 Å². The quantitative estimate of drug-likeness (QED) is 0.662. The zero-order valence-electron chi connectivity index (χ0n) is 17.0. The molecule has 2 N–H and O–H groups in total. The van der Waals surface area contributed by atoms with Crippen molar-refractivity contribution >= 4 is 22.5 Å². The zero-order chi connectivity index (χ0) is 21.1. The van der Waals surface area contributed by atoms with Gasteiger partial charge in [0.15, 0.2) is 0 Å². The van der Waals surface area contributed by atoms with Gasteiger partial charge in [-0.15, -0.1) is 0 Å². The summed E-state index contributed by atoms with van der Waals surface area (Å²) < 4.78 is 0. The summed E-state index contributed by atoms with van der Waals surface area (Å²) in [4.78, 5) is 17.2. The number of aromatic nitrogens is 1. The smallest absolute Gasteiger partial charge is 0.230 e. The van der Waals surface area contributed by atoms with Gasteiger partial charge in [-0.1, -0.05) is 25.1 Å². The average Bonchev–Trinajstić information content (AvgIpc) is 2.79. The lowest BCUT2D eigenvalue weighted by molar-refractivity contribution is -0.131. The number of hydrogen-bond donors (Lipinski definition) is 2. The van der Waals surface area contributed by atoms with E-state index >= 15 is 0 Å². The molecule has 3 aromatic rings. The van der Waals surface area contributed by atoms with E-state index in [-0.39, 0.29) is 5.91 Å². The first-order valence-electron chi connectivity index (χ1n) is 10.4. The molecule has 0 bridgehead atoms. The second kappa shape index (κ2) is 8.25. The summed E-state index contributed by atoms with van der Waals surface area (Å²) in [5.41, 5.74) is 2.42. The summed E-state index contributed by atoms with van der Waals surface area (Å²) in [6.45, 7) is 1.79. The normalized spacial score (nSPS) is 22.2. The molecule has 5 nitrogen and oxygen atoms in total. The van der Waals surface area contributed by atoms with Gasteiger partial charge in [-0.05, 0) is 73.6 Å². The molecule has 1 aliphatic carbocycles. The SMILES string of the molecule is CC(C(=O)Nc1ccc(C#N)cc1)C1(O)CCC(c2ccnc3ccccc23)CC1. The fourth-order valence-electron chi connectivity index (χ4n) is 4.46. The topological polar surface area (TPSA) is 86.0 Å². The standard InChI is InChI=1S/C25H25N3O2/c1-17(24(29)28-20-8-6-18(16-26)7-9-20)25(30)13-10-19(11-14-25)21-12-15-27-23-5-3-2-4-22(21)23/h2-9,12,15,17,19,30H,10-11,13-14H2,1H3,(H,28,29). The van der Waals surface area contributed by atoms with Crippen LogP contribution in [0.3, 0.4) is 0 Å². The van der Waals surface area contributed by atoms with Crippen molar-refractivity contribution in [3.05, 3.63) is 71.9 Å². The number of hydrogen-bond acceptors (Lipinski definition) is 4. The fourth-order valence-corrected chi connectivity index (χ4v) is 4.46. The Labute approximate surface area is 176 Å². The molecule has 1 fully saturated rings. The number of pyridine rings is 1. The van der Waals surface area contributed by atoms with Gasteiger partial charge in [0.05, 0.1) is 28.7 Å². The Morgan fingerprint density at radius 1 is 1.17 bits per heavy atom. The lowest BCUT2D eigenvalue weighted by Gasteiger charge is -2.40. The first kappa shape index (κ1) is 20.1. The minimum atomic E-state index is -1.02. The summed E-state index contributed by atoms with van der Waals surface area (Å²) in [5.74, 6) is -0.370. The number of anilines is 1. The van der Waals surface area contributed by atoms with Gasteiger partial charge in [-0.3, -0.25) is 9.78 Å². The number of amides is 1. The van der Waals surface area contributed by atoms with E-state index < -0.39 is 11.5 Å². The van der Waals surface area contributed by atoms with Crippen molar-refractivity contribution in [1.29, 1.82) is 5.26 Å². The van der Waals surface area contributed by atoms with Gasteiger partial charge in [0.2, 0.25) is 5.91 Å². The van der Waals surface area contributed by atoms with Crippen molar-refractivity contribution < 1.29 is 9.90 Å². The molecule has 1 atom stereocenters. The predicted molar refractivity (Wildman–Crippen MR) is 117 cm³/mol. The van der Waals surface area contributed by atoms with Crippen LogP contribution in [0.25, 0.3) is 10.9 Å². The van der Waals surface area contributed by atoms with E-state index in [0.29, 0.717) is 30.0 Å². The van der Waals surface area contributed by atoms with Crippen LogP contribution in [0.5, 0.6) is 0 Å². The molecule has 152 valence electrons. The number of benzene rings is 2. The molecule has 1 unspecified atom stereocenters. The summed E-state index contributed by atoms with van der Waals surface area (Å²) in [5, 5.41) is 24.2. The first-order valence-corrected chi connectivity index (χ1v) is 10.4. The molecule has 1 aromatic heterocycles. The van der Waals surface area contributed by atoms with Crippen molar-refractivity contribution in [3.63, 3.8) is 0 Å². The Morgan fingerprint density at radius 3 is 2.57 bits per heavy atom. The van der Waals surface area contributed by atoms with E-state index in [0.717, 1.165) is 18.4 Å². The number of nitriles is 1. The van der Waals surface area contributed by atoms with Crippen molar-refractivity contribution in [2.75, 3.05) is 5.32 Å². The van der Waals surface area contributed by atoms with Crippen LogP contribution in [0.2, 0.25) is 0 Å². The summed E-state index contributed by atoms with van der Waals surface area (Å²) in [6, 6.07) is 19.0. The highest BCUT2D eigenvalue weighted by Crippen LogP contribution is 2.43. The van der Waals surface area contributed by atoms with Gasteiger partial charge in [0.25, 0.3) is 0 Å². The number of para-hydroxylation sites is 1. The maximum atomic E-state index is 12.8. The highest BCUT2D eigenvalue weighted by atomic mass is 16.3. The molecule has 1 saturated carbocycles. The number of fused-ring (bicyclic) bond motifs is 1. The summed E-state index contributed by atoms with van der Waals surface area (Å²) in [6.07, 6.45) is 4.68. The summed E-state index contributed by atoms with van der Waals surface area (Å²) in [7, 11) is 0. The number of carbonyl (C=O) groups excluding carboxylic acids is 1. The Bertz CT molecular complexity index is 1090. The Morgan fingerprint density at radius 2 is 1.87 bits per heavy atom. The molecule has 1 aliphatic rings. The number of aliphatic hydroxyl groups is 1. The third-order valence-electron chi connectivity index (χ3n) is 6.45. The van der Waals surface area contributed by atoms with Crippen LogP contribution in [0, 0.1) is 17.2 Å². The minimum absolute atomic E-state index is 0.199. The highest BCUT2D eigenvalue weighted by Gasteiger charge is 2.41. The first-order chi connectivity index (χ1) is 14.5. The van der Waals surface area contributed by atoms with E-state index in [1.165, 1.54) is 10.9 Å². The average molecular weight is 399 g/mol. The van der Waals surface area contributed by atoms with Crippen LogP contribution in [0.15, 0.2) is 60.8 Å². The maximum Gasteiger partial charge on any atom is 0.230 e. The molecule has 5 heteroatoms. The Balaban J connectivity index is 1.43. The lowest BCUT2D eigenvalue weighted by atomic mass is 9.70. The number of nitrogens with zero attached hydrogens (tertiary/aromatic N) is 2. The van der Waals surface area contributed by atoms with E-state index in [1.54, 1.807) is 31.2 Å². The van der Waals surface area contributed by atoms with Gasteiger partial charge >= 0.3 is 0 Å². The van der Waals surface area contributed by atoms with E-state index in [4.69, 9.17) is 5.26 Å². The number of nitrogens with one attached hydrogen (secondary N) is 1. The predicted octanol–water partition coefficient (Wildman–Crippen LogP) is 4.77. The molecule has 0 saturated heterocycles. The van der Waals surface area contributed by atoms with Crippen LogP contribution < -0.4 is 5.32 Å². The van der Waals surface area contributed by atoms with E-state index in [2.05, 4.69) is 28.5 Å². The largest absolute Gasteiger partial charge is 0.389 e. The molecule has 0 spiro atoms. The second-order valence-corrected chi connectivity index (χ2v) is 8.20. The third kappa shape index (κ3) is 3.92. The summed E-state index contributed by atoms with van der Waals surface area (Å²) >= 11 is 0. The van der Waals surface area contributed by atoms with Crippen LogP contribution in [-0.2, 0) is 4.79 Å². The van der Waals surface area contributed by atoms with E-state index in [9.17, 15) is 9.90 Å². The molecule has 4 rings (SSSR count). The minimum Gasteiger partial charge on any atom is -0.389 e. The molecule has 0 radical (unpaired) electrons. The van der Waals surface area contributed by atoms with Crippen molar-refractivity contribution in [2.24, 2.45) is 5.92 Å². The van der Waals surface area contributed by atoms with Crippen molar-refractivity contribution in [2.45, 2.75) is 44.1 Å². The fraction of sp³-hybridized carbons (Fsp3) is 0.320. The van der Waals surface area contributed by atoms with Gasteiger partial charge in [-0.2, -0.15) is 5.26 Å². The Kier molecular flexibility index (Phi) is 5.52. The molecular formula is C25H25N3O2. The van der Waals surface area contributed by atoms with Gasteiger partial charge in [0.1, 0.15) is 0 Å². The number of carbonyl (C=O) groups is 1. The molecule has 2 aromatic carbocycles. The molecule has 1 heterocycles.